The molecule has 21 heavy (non-hydrogen) atoms. The van der Waals surface area contributed by atoms with Crippen LogP contribution in [0.3, 0.4) is 0 Å². The Bertz CT molecular complexity index is 416. The summed E-state index contributed by atoms with van der Waals surface area (Å²) in [5.41, 5.74) is -0.738. The zero-order valence-corrected chi connectivity index (χ0v) is 13.6. The Hall–Kier alpha value is -1.10. The van der Waals surface area contributed by atoms with Gasteiger partial charge in [0.25, 0.3) is 0 Å². The van der Waals surface area contributed by atoms with Crippen molar-refractivity contribution in [3.63, 3.8) is 0 Å². The predicted octanol–water partition coefficient (Wildman–Crippen LogP) is 1.96. The summed E-state index contributed by atoms with van der Waals surface area (Å²) in [5, 5.41) is 9.45. The van der Waals surface area contributed by atoms with Crippen molar-refractivity contribution in [2.45, 2.75) is 71.5 Å². The molecule has 0 aromatic heterocycles. The zero-order chi connectivity index (χ0) is 15.8. The van der Waals surface area contributed by atoms with Crippen LogP contribution in [0.4, 0.5) is 0 Å². The van der Waals surface area contributed by atoms with Crippen LogP contribution in [0.25, 0.3) is 0 Å². The van der Waals surface area contributed by atoms with Gasteiger partial charge in [-0.05, 0) is 46.5 Å². The van der Waals surface area contributed by atoms with Gasteiger partial charge in [0.1, 0.15) is 0 Å². The van der Waals surface area contributed by atoms with E-state index in [9.17, 15) is 14.7 Å². The lowest BCUT2D eigenvalue weighted by molar-refractivity contribution is -0.149. The Morgan fingerprint density at radius 3 is 2.29 bits per heavy atom. The third kappa shape index (κ3) is 2.80. The Labute approximate surface area is 127 Å². The molecule has 0 spiro atoms. The fourth-order valence-corrected chi connectivity index (χ4v) is 4.05. The lowest BCUT2D eigenvalue weighted by atomic mass is 9.84. The number of aliphatic carboxylic acids is 1. The number of carbonyl (C=O) groups excluding carboxylic acids is 1. The van der Waals surface area contributed by atoms with Crippen LogP contribution >= 0.6 is 0 Å². The van der Waals surface area contributed by atoms with E-state index < -0.39 is 11.4 Å². The summed E-state index contributed by atoms with van der Waals surface area (Å²) in [4.78, 5) is 28.3. The highest BCUT2D eigenvalue weighted by Crippen LogP contribution is 2.35. The molecule has 0 radical (unpaired) electrons. The van der Waals surface area contributed by atoms with Crippen LogP contribution in [-0.2, 0) is 9.59 Å². The molecular formula is C16H28N2O3. The van der Waals surface area contributed by atoms with Gasteiger partial charge in [0.15, 0.2) is 0 Å². The fourth-order valence-electron chi connectivity index (χ4n) is 4.05. The molecule has 2 heterocycles. The summed E-state index contributed by atoms with van der Waals surface area (Å²) < 4.78 is 0. The van der Waals surface area contributed by atoms with Crippen molar-refractivity contribution in [1.82, 2.24) is 9.80 Å². The van der Waals surface area contributed by atoms with Crippen LogP contribution in [0.1, 0.15) is 53.4 Å². The second kappa shape index (κ2) is 5.95. The summed E-state index contributed by atoms with van der Waals surface area (Å²) in [6, 6.07) is 0.702. The number of amides is 1. The number of hydrogen-bond acceptors (Lipinski definition) is 3. The van der Waals surface area contributed by atoms with Crippen LogP contribution in [0, 0.1) is 5.41 Å². The molecule has 120 valence electrons. The minimum absolute atomic E-state index is 0.0900. The molecule has 2 fully saturated rings. The SMILES string of the molecule is CCC1(C(=O)O)CCN(C(=O)C(C)N2C(C)CCC2C)C1. The highest BCUT2D eigenvalue weighted by atomic mass is 16.4. The summed E-state index contributed by atoms with van der Waals surface area (Å²) in [7, 11) is 0. The van der Waals surface area contributed by atoms with Gasteiger partial charge < -0.3 is 10.0 Å². The molecule has 2 aliphatic rings. The van der Waals surface area contributed by atoms with E-state index >= 15 is 0 Å². The van der Waals surface area contributed by atoms with E-state index in [2.05, 4.69) is 18.7 Å². The molecule has 2 rings (SSSR count). The van der Waals surface area contributed by atoms with Crippen LogP contribution in [0.5, 0.6) is 0 Å². The third-order valence-electron chi connectivity index (χ3n) is 5.62. The molecule has 2 aliphatic heterocycles. The van der Waals surface area contributed by atoms with Crippen molar-refractivity contribution in [3.05, 3.63) is 0 Å². The zero-order valence-electron chi connectivity index (χ0n) is 13.6. The fraction of sp³-hybridized carbons (Fsp3) is 0.875. The minimum atomic E-state index is -0.768. The molecule has 0 aliphatic carbocycles. The van der Waals surface area contributed by atoms with Crippen molar-refractivity contribution in [2.24, 2.45) is 5.41 Å². The maximum absolute atomic E-state index is 12.7. The third-order valence-corrected chi connectivity index (χ3v) is 5.62. The Morgan fingerprint density at radius 2 is 1.86 bits per heavy atom. The summed E-state index contributed by atoms with van der Waals surface area (Å²) in [6.07, 6.45) is 3.42. The van der Waals surface area contributed by atoms with E-state index in [-0.39, 0.29) is 11.9 Å². The second-order valence-electron chi connectivity index (χ2n) is 6.85. The molecule has 4 unspecified atom stereocenters. The van der Waals surface area contributed by atoms with Crippen molar-refractivity contribution in [2.75, 3.05) is 13.1 Å². The molecule has 1 N–H and O–H groups in total. The average Bonchev–Trinajstić information content (AvgIpc) is 3.02. The van der Waals surface area contributed by atoms with Gasteiger partial charge in [-0.25, -0.2) is 0 Å². The highest BCUT2D eigenvalue weighted by molar-refractivity contribution is 5.84. The van der Waals surface area contributed by atoms with Gasteiger partial charge in [-0.2, -0.15) is 0 Å². The number of carbonyl (C=O) groups is 2. The standard InChI is InChI=1S/C16H28N2O3/c1-5-16(15(20)21)8-9-17(10-16)14(19)13(4)18-11(2)6-7-12(18)3/h11-13H,5-10H2,1-4H3,(H,20,21). The number of carboxylic acids is 1. The van der Waals surface area contributed by atoms with E-state index in [1.165, 1.54) is 0 Å². The Kier molecular flexibility index (Phi) is 4.61. The lowest BCUT2D eigenvalue weighted by Gasteiger charge is -2.34. The molecule has 5 heteroatoms. The Balaban J connectivity index is 2.06. The molecule has 2 saturated heterocycles. The van der Waals surface area contributed by atoms with Gasteiger partial charge in [-0.3, -0.25) is 14.5 Å². The van der Waals surface area contributed by atoms with Crippen LogP contribution in [-0.4, -0.2) is 58.0 Å². The second-order valence-corrected chi connectivity index (χ2v) is 6.85. The van der Waals surface area contributed by atoms with Gasteiger partial charge in [-0.15, -0.1) is 0 Å². The van der Waals surface area contributed by atoms with Crippen molar-refractivity contribution >= 4 is 11.9 Å². The summed E-state index contributed by atoms with van der Waals surface area (Å²) >= 11 is 0. The van der Waals surface area contributed by atoms with Gasteiger partial charge in [0, 0.05) is 25.2 Å². The largest absolute Gasteiger partial charge is 0.481 e. The topological polar surface area (TPSA) is 60.9 Å². The van der Waals surface area contributed by atoms with Gasteiger partial charge in [-0.1, -0.05) is 6.92 Å². The summed E-state index contributed by atoms with van der Waals surface area (Å²) in [6.45, 7) is 9.14. The number of nitrogens with zero attached hydrogens (tertiary/aromatic N) is 2. The molecule has 5 nitrogen and oxygen atoms in total. The minimum Gasteiger partial charge on any atom is -0.481 e. The molecule has 4 atom stereocenters. The predicted molar refractivity (Wildman–Crippen MR) is 81.0 cm³/mol. The highest BCUT2D eigenvalue weighted by Gasteiger charge is 2.46. The first-order chi connectivity index (χ1) is 9.82. The number of hydrogen-bond donors (Lipinski definition) is 1. The normalized spacial score (nSPS) is 35.1. The average molecular weight is 296 g/mol. The van der Waals surface area contributed by atoms with E-state index in [1.54, 1.807) is 4.90 Å². The first-order valence-electron chi connectivity index (χ1n) is 8.12. The van der Waals surface area contributed by atoms with Gasteiger partial charge in [0.2, 0.25) is 5.91 Å². The number of likely N-dealkylation sites (tertiary alicyclic amines) is 2. The van der Waals surface area contributed by atoms with Crippen LogP contribution in [0.2, 0.25) is 0 Å². The first kappa shape index (κ1) is 16.3. The number of rotatable bonds is 4. The maximum Gasteiger partial charge on any atom is 0.311 e. The Morgan fingerprint density at radius 1 is 1.29 bits per heavy atom. The number of carboxylic acid groups (broad SMARTS) is 1. The quantitative estimate of drug-likeness (QED) is 0.861. The smallest absolute Gasteiger partial charge is 0.311 e. The van der Waals surface area contributed by atoms with Gasteiger partial charge >= 0.3 is 5.97 Å². The molecule has 0 saturated carbocycles. The van der Waals surface area contributed by atoms with E-state index in [0.717, 1.165) is 12.8 Å². The van der Waals surface area contributed by atoms with E-state index in [1.807, 2.05) is 13.8 Å². The van der Waals surface area contributed by atoms with Crippen molar-refractivity contribution < 1.29 is 14.7 Å². The van der Waals surface area contributed by atoms with E-state index in [4.69, 9.17) is 0 Å². The van der Waals surface area contributed by atoms with Crippen molar-refractivity contribution in [3.8, 4) is 0 Å². The monoisotopic (exact) mass is 296 g/mol. The molecular weight excluding hydrogens is 268 g/mol. The molecule has 0 aromatic rings. The van der Waals surface area contributed by atoms with E-state index in [0.29, 0.717) is 38.0 Å². The lowest BCUT2D eigenvalue weighted by Crippen LogP contribution is -2.50. The van der Waals surface area contributed by atoms with Crippen LogP contribution in [0.15, 0.2) is 0 Å². The molecule has 0 bridgehead atoms. The molecule has 0 aromatic carbocycles. The first-order valence-corrected chi connectivity index (χ1v) is 8.12. The van der Waals surface area contributed by atoms with Crippen LogP contribution < -0.4 is 0 Å². The molecule has 1 amide bonds. The van der Waals surface area contributed by atoms with Crippen molar-refractivity contribution in [1.29, 1.82) is 0 Å². The summed E-state index contributed by atoms with van der Waals surface area (Å²) in [5.74, 6) is -0.678. The van der Waals surface area contributed by atoms with Gasteiger partial charge in [0.05, 0.1) is 11.5 Å². The maximum atomic E-state index is 12.7.